The van der Waals surface area contributed by atoms with Crippen molar-refractivity contribution >= 4 is 0 Å². The molecule has 0 unspecified atom stereocenters. The van der Waals surface area contributed by atoms with Crippen molar-refractivity contribution in [3.05, 3.63) is 46.8 Å². The summed E-state index contributed by atoms with van der Waals surface area (Å²) in [4.78, 5) is 8.70. The van der Waals surface area contributed by atoms with Gasteiger partial charge in [-0.3, -0.25) is 0 Å². The number of nitrogens with zero attached hydrogens (tertiary/aromatic N) is 2. The number of hydrogen-bond acceptors (Lipinski definition) is 4. The second-order valence-corrected chi connectivity index (χ2v) is 4.91. The molecule has 1 heterocycles. The van der Waals surface area contributed by atoms with Gasteiger partial charge < -0.3 is 10.1 Å². The molecule has 20 heavy (non-hydrogen) atoms. The third-order valence-electron chi connectivity index (χ3n) is 3.17. The SMILES string of the molecule is CCNCc1cnc(Oc2cc(C)ccc2C)nc1C. The Kier molecular flexibility index (Phi) is 4.69. The molecule has 0 saturated heterocycles. The molecule has 0 spiro atoms. The highest BCUT2D eigenvalue weighted by atomic mass is 16.5. The molecule has 0 aliphatic heterocycles. The quantitative estimate of drug-likeness (QED) is 0.906. The highest BCUT2D eigenvalue weighted by Crippen LogP contribution is 2.24. The summed E-state index contributed by atoms with van der Waals surface area (Å²) in [6.45, 7) is 9.82. The Labute approximate surface area is 120 Å². The van der Waals surface area contributed by atoms with Gasteiger partial charge in [0.15, 0.2) is 0 Å². The van der Waals surface area contributed by atoms with Crippen LogP contribution in [0, 0.1) is 20.8 Å². The third-order valence-corrected chi connectivity index (χ3v) is 3.17. The van der Waals surface area contributed by atoms with E-state index in [1.165, 1.54) is 0 Å². The van der Waals surface area contributed by atoms with Gasteiger partial charge in [0.2, 0.25) is 0 Å². The maximum atomic E-state index is 5.79. The first-order valence-corrected chi connectivity index (χ1v) is 6.88. The normalized spacial score (nSPS) is 10.6. The molecule has 0 radical (unpaired) electrons. The minimum absolute atomic E-state index is 0.399. The lowest BCUT2D eigenvalue weighted by Crippen LogP contribution is -2.13. The van der Waals surface area contributed by atoms with Crippen molar-refractivity contribution in [2.45, 2.75) is 34.2 Å². The van der Waals surface area contributed by atoms with E-state index in [1.54, 1.807) is 0 Å². The number of aryl methyl sites for hydroxylation is 3. The van der Waals surface area contributed by atoms with E-state index in [0.29, 0.717) is 6.01 Å². The van der Waals surface area contributed by atoms with Crippen molar-refractivity contribution in [1.29, 1.82) is 0 Å². The Balaban J connectivity index is 2.17. The second kappa shape index (κ2) is 6.48. The Morgan fingerprint density at radius 1 is 1.20 bits per heavy atom. The fourth-order valence-electron chi connectivity index (χ4n) is 1.87. The molecule has 1 aromatic heterocycles. The third kappa shape index (κ3) is 3.54. The first-order valence-electron chi connectivity index (χ1n) is 6.88. The summed E-state index contributed by atoms with van der Waals surface area (Å²) < 4.78 is 5.79. The summed E-state index contributed by atoms with van der Waals surface area (Å²) in [6, 6.07) is 6.50. The van der Waals surface area contributed by atoms with Gasteiger partial charge in [0, 0.05) is 24.0 Å². The first kappa shape index (κ1) is 14.5. The van der Waals surface area contributed by atoms with Crippen LogP contribution in [-0.2, 0) is 6.54 Å². The van der Waals surface area contributed by atoms with Gasteiger partial charge in [-0.25, -0.2) is 4.98 Å². The molecule has 4 heteroatoms. The van der Waals surface area contributed by atoms with Gasteiger partial charge in [-0.05, 0) is 44.5 Å². The second-order valence-electron chi connectivity index (χ2n) is 4.91. The molecule has 0 aliphatic rings. The fourth-order valence-corrected chi connectivity index (χ4v) is 1.87. The summed E-state index contributed by atoms with van der Waals surface area (Å²) in [5.41, 5.74) is 4.28. The standard InChI is InChI=1S/C16H21N3O/c1-5-17-9-14-10-18-16(19-13(14)4)20-15-8-11(2)6-7-12(15)3/h6-8,10,17H,5,9H2,1-4H3. The molecular formula is C16H21N3O. The summed E-state index contributed by atoms with van der Waals surface area (Å²) in [6.07, 6.45) is 1.82. The summed E-state index contributed by atoms with van der Waals surface area (Å²) >= 11 is 0. The Morgan fingerprint density at radius 2 is 2.00 bits per heavy atom. The van der Waals surface area contributed by atoms with Crippen LogP contribution in [0.3, 0.4) is 0 Å². The molecule has 1 aromatic carbocycles. The molecule has 0 saturated carbocycles. The zero-order valence-electron chi connectivity index (χ0n) is 12.5. The highest BCUT2D eigenvalue weighted by Gasteiger charge is 2.07. The number of rotatable bonds is 5. The van der Waals surface area contributed by atoms with Crippen molar-refractivity contribution in [2.24, 2.45) is 0 Å². The molecule has 0 aliphatic carbocycles. The minimum atomic E-state index is 0.399. The van der Waals surface area contributed by atoms with E-state index in [-0.39, 0.29) is 0 Å². The van der Waals surface area contributed by atoms with E-state index in [2.05, 4.69) is 28.3 Å². The molecular weight excluding hydrogens is 250 g/mol. The number of aromatic nitrogens is 2. The fraction of sp³-hybridized carbons (Fsp3) is 0.375. The maximum absolute atomic E-state index is 5.79. The van der Waals surface area contributed by atoms with Crippen molar-refractivity contribution in [3.8, 4) is 11.8 Å². The summed E-state index contributed by atoms with van der Waals surface area (Å²) in [5.74, 6) is 0.809. The zero-order valence-corrected chi connectivity index (χ0v) is 12.5. The average molecular weight is 271 g/mol. The number of ether oxygens (including phenoxy) is 1. The van der Waals surface area contributed by atoms with E-state index < -0.39 is 0 Å². The van der Waals surface area contributed by atoms with Crippen LogP contribution in [0.5, 0.6) is 11.8 Å². The summed E-state index contributed by atoms with van der Waals surface area (Å²) in [7, 11) is 0. The van der Waals surface area contributed by atoms with Crippen LogP contribution in [0.15, 0.2) is 24.4 Å². The van der Waals surface area contributed by atoms with Crippen molar-refractivity contribution in [1.82, 2.24) is 15.3 Å². The van der Waals surface area contributed by atoms with Gasteiger partial charge in [-0.15, -0.1) is 0 Å². The molecule has 0 amide bonds. The van der Waals surface area contributed by atoms with E-state index >= 15 is 0 Å². The zero-order chi connectivity index (χ0) is 14.5. The van der Waals surface area contributed by atoms with E-state index in [4.69, 9.17) is 4.74 Å². The van der Waals surface area contributed by atoms with Gasteiger partial charge in [0.1, 0.15) is 5.75 Å². The smallest absolute Gasteiger partial charge is 0.322 e. The monoisotopic (exact) mass is 271 g/mol. The average Bonchev–Trinajstić information content (AvgIpc) is 2.42. The lowest BCUT2D eigenvalue weighted by molar-refractivity contribution is 0.435. The van der Waals surface area contributed by atoms with Crippen LogP contribution >= 0.6 is 0 Å². The Bertz CT molecular complexity index is 596. The largest absolute Gasteiger partial charge is 0.424 e. The predicted molar refractivity (Wildman–Crippen MR) is 80.1 cm³/mol. The molecule has 1 N–H and O–H groups in total. The van der Waals surface area contributed by atoms with Gasteiger partial charge in [-0.1, -0.05) is 19.1 Å². The molecule has 0 bridgehead atoms. The van der Waals surface area contributed by atoms with Gasteiger partial charge in [-0.2, -0.15) is 4.98 Å². The minimum Gasteiger partial charge on any atom is -0.424 e. The van der Waals surface area contributed by atoms with Crippen molar-refractivity contribution in [3.63, 3.8) is 0 Å². The van der Waals surface area contributed by atoms with Gasteiger partial charge >= 0.3 is 6.01 Å². The molecule has 4 nitrogen and oxygen atoms in total. The predicted octanol–water partition coefficient (Wildman–Crippen LogP) is 3.30. The van der Waals surface area contributed by atoms with Crippen LogP contribution < -0.4 is 10.1 Å². The molecule has 2 aromatic rings. The highest BCUT2D eigenvalue weighted by molar-refractivity contribution is 5.37. The van der Waals surface area contributed by atoms with E-state index in [0.717, 1.165) is 41.2 Å². The van der Waals surface area contributed by atoms with Crippen LogP contribution in [0.1, 0.15) is 29.3 Å². The van der Waals surface area contributed by atoms with E-state index in [9.17, 15) is 0 Å². The van der Waals surface area contributed by atoms with Gasteiger partial charge in [0.05, 0.1) is 0 Å². The lowest BCUT2D eigenvalue weighted by atomic mass is 10.1. The number of nitrogens with one attached hydrogen (secondary N) is 1. The van der Waals surface area contributed by atoms with Gasteiger partial charge in [0.25, 0.3) is 0 Å². The van der Waals surface area contributed by atoms with Crippen LogP contribution in [0.4, 0.5) is 0 Å². The number of hydrogen-bond donors (Lipinski definition) is 1. The number of benzene rings is 1. The maximum Gasteiger partial charge on any atom is 0.322 e. The Hall–Kier alpha value is -1.94. The lowest BCUT2D eigenvalue weighted by Gasteiger charge is -2.10. The Morgan fingerprint density at radius 3 is 2.70 bits per heavy atom. The summed E-state index contributed by atoms with van der Waals surface area (Å²) in [5, 5.41) is 3.27. The molecule has 0 atom stereocenters. The van der Waals surface area contributed by atoms with Crippen molar-refractivity contribution in [2.75, 3.05) is 6.54 Å². The van der Waals surface area contributed by atoms with E-state index in [1.807, 2.05) is 39.1 Å². The topological polar surface area (TPSA) is 47.0 Å². The molecule has 106 valence electrons. The van der Waals surface area contributed by atoms with Crippen LogP contribution in [0.25, 0.3) is 0 Å². The first-order chi connectivity index (χ1) is 9.60. The molecule has 2 rings (SSSR count). The van der Waals surface area contributed by atoms with Crippen LogP contribution in [0.2, 0.25) is 0 Å². The van der Waals surface area contributed by atoms with Crippen molar-refractivity contribution < 1.29 is 4.74 Å². The van der Waals surface area contributed by atoms with Crippen LogP contribution in [-0.4, -0.2) is 16.5 Å². The molecule has 0 fully saturated rings.